The highest BCUT2D eigenvalue weighted by Gasteiger charge is 2.08. The van der Waals surface area contributed by atoms with Gasteiger partial charge in [-0.05, 0) is 18.6 Å². The normalized spacial score (nSPS) is 12.6. The molecule has 0 amide bonds. The molecule has 74 valence electrons. The summed E-state index contributed by atoms with van der Waals surface area (Å²) < 4.78 is 1.91. The van der Waals surface area contributed by atoms with Crippen molar-refractivity contribution in [2.24, 2.45) is 0 Å². The first-order valence-corrected chi connectivity index (χ1v) is 5.37. The second-order valence-corrected chi connectivity index (χ2v) is 4.22. The lowest BCUT2D eigenvalue weighted by atomic mass is 10.2. The van der Waals surface area contributed by atoms with E-state index in [2.05, 4.69) is 4.98 Å². The molecule has 0 unspecified atom stereocenters. The zero-order valence-electron chi connectivity index (χ0n) is 7.57. The number of rotatable bonds is 2. The van der Waals surface area contributed by atoms with Gasteiger partial charge in [-0.1, -0.05) is 11.6 Å². The van der Waals surface area contributed by atoms with Crippen LogP contribution in [0.1, 0.15) is 12.6 Å². The largest absolute Gasteiger partial charge is 0.392 e. The molecule has 2 rings (SSSR count). The molecule has 0 aliphatic carbocycles. The maximum Gasteiger partial charge on any atom is 0.195 e. The molecular formula is C9H9ClN2OS. The van der Waals surface area contributed by atoms with Gasteiger partial charge in [0.1, 0.15) is 0 Å². The second-order valence-electron chi connectivity index (χ2n) is 2.99. The van der Waals surface area contributed by atoms with Crippen LogP contribution in [0, 0.1) is 0 Å². The van der Waals surface area contributed by atoms with Gasteiger partial charge in [0, 0.05) is 11.6 Å². The van der Waals surface area contributed by atoms with Crippen LogP contribution in [0.25, 0.3) is 11.0 Å². The standard InChI is InChI=1S/C9H9ClN2OS/c1-6(5-13)4-7-8(10)11-9-12(7)2-3-14-9/h2-4,13H,5H2,1H3/b6-4-. The first-order chi connectivity index (χ1) is 6.72. The lowest BCUT2D eigenvalue weighted by Gasteiger charge is -1.95. The number of imidazole rings is 1. The summed E-state index contributed by atoms with van der Waals surface area (Å²) in [5.41, 5.74) is 1.69. The smallest absolute Gasteiger partial charge is 0.195 e. The Hall–Kier alpha value is -0.840. The first kappa shape index (κ1) is 9.71. The van der Waals surface area contributed by atoms with E-state index in [4.69, 9.17) is 16.7 Å². The highest BCUT2D eigenvalue weighted by molar-refractivity contribution is 7.15. The van der Waals surface area contributed by atoms with E-state index in [0.29, 0.717) is 5.15 Å². The summed E-state index contributed by atoms with van der Waals surface area (Å²) >= 11 is 7.49. The maximum atomic E-state index is 8.91. The summed E-state index contributed by atoms with van der Waals surface area (Å²) in [6.45, 7) is 1.88. The zero-order chi connectivity index (χ0) is 10.1. The second kappa shape index (κ2) is 3.73. The molecule has 0 fully saturated rings. The van der Waals surface area contributed by atoms with E-state index < -0.39 is 0 Å². The van der Waals surface area contributed by atoms with Crippen LogP contribution < -0.4 is 0 Å². The van der Waals surface area contributed by atoms with E-state index >= 15 is 0 Å². The topological polar surface area (TPSA) is 37.5 Å². The number of fused-ring (bicyclic) bond motifs is 1. The predicted octanol–water partition coefficient (Wildman–Crippen LogP) is 2.44. The molecular weight excluding hydrogens is 220 g/mol. The number of aliphatic hydroxyl groups is 1. The summed E-state index contributed by atoms with van der Waals surface area (Å²) in [6, 6.07) is 0. The SMILES string of the molecule is C/C(=C/c1c(Cl)nc2sccn12)CO. The van der Waals surface area contributed by atoms with E-state index in [0.717, 1.165) is 16.2 Å². The van der Waals surface area contributed by atoms with Gasteiger partial charge in [0.15, 0.2) is 10.1 Å². The van der Waals surface area contributed by atoms with Crippen LogP contribution in [-0.2, 0) is 0 Å². The molecule has 0 saturated heterocycles. The van der Waals surface area contributed by atoms with Crippen molar-refractivity contribution >= 4 is 34.0 Å². The predicted molar refractivity (Wildman–Crippen MR) is 58.8 cm³/mol. The third-order valence-electron chi connectivity index (χ3n) is 1.89. The molecule has 3 nitrogen and oxygen atoms in total. The van der Waals surface area contributed by atoms with Gasteiger partial charge in [-0.25, -0.2) is 4.98 Å². The maximum absolute atomic E-state index is 8.91. The van der Waals surface area contributed by atoms with Gasteiger partial charge in [0.25, 0.3) is 0 Å². The molecule has 14 heavy (non-hydrogen) atoms. The first-order valence-electron chi connectivity index (χ1n) is 4.11. The zero-order valence-corrected chi connectivity index (χ0v) is 9.14. The minimum Gasteiger partial charge on any atom is -0.392 e. The fourth-order valence-corrected chi connectivity index (χ4v) is 2.18. The third kappa shape index (κ3) is 1.56. The van der Waals surface area contributed by atoms with E-state index in [1.807, 2.05) is 29.0 Å². The van der Waals surface area contributed by atoms with E-state index in [1.54, 1.807) is 0 Å². The van der Waals surface area contributed by atoms with Crippen molar-refractivity contribution in [3.05, 3.63) is 28.0 Å². The van der Waals surface area contributed by atoms with Gasteiger partial charge in [-0.2, -0.15) is 0 Å². The minimum absolute atomic E-state index is 0.0354. The van der Waals surface area contributed by atoms with Crippen LogP contribution >= 0.6 is 22.9 Å². The molecule has 0 aliphatic rings. The Morgan fingerprint density at radius 2 is 2.57 bits per heavy atom. The summed E-state index contributed by atoms with van der Waals surface area (Å²) in [4.78, 5) is 5.05. The van der Waals surface area contributed by atoms with Crippen molar-refractivity contribution in [3.63, 3.8) is 0 Å². The fraction of sp³-hybridized carbons (Fsp3) is 0.222. The Balaban J connectivity index is 2.59. The van der Waals surface area contributed by atoms with Crippen LogP contribution in [0.4, 0.5) is 0 Å². The Morgan fingerprint density at radius 1 is 1.79 bits per heavy atom. The van der Waals surface area contributed by atoms with Gasteiger partial charge in [-0.3, -0.25) is 4.40 Å². The van der Waals surface area contributed by atoms with Crippen LogP contribution in [0.15, 0.2) is 17.2 Å². The number of aliphatic hydroxyl groups excluding tert-OH is 1. The number of aromatic nitrogens is 2. The number of halogens is 1. The van der Waals surface area contributed by atoms with Gasteiger partial charge < -0.3 is 5.11 Å². The number of thiazole rings is 1. The van der Waals surface area contributed by atoms with Gasteiger partial charge >= 0.3 is 0 Å². The molecule has 0 radical (unpaired) electrons. The molecule has 5 heteroatoms. The molecule has 2 heterocycles. The molecule has 0 saturated carbocycles. The summed E-state index contributed by atoms with van der Waals surface area (Å²) in [5, 5.41) is 11.3. The third-order valence-corrected chi connectivity index (χ3v) is 2.92. The van der Waals surface area contributed by atoms with Crippen molar-refractivity contribution in [2.45, 2.75) is 6.92 Å². The fourth-order valence-electron chi connectivity index (χ4n) is 1.19. The average Bonchev–Trinajstić information content (AvgIpc) is 2.70. The van der Waals surface area contributed by atoms with Crippen molar-refractivity contribution in [3.8, 4) is 0 Å². The van der Waals surface area contributed by atoms with Crippen molar-refractivity contribution in [2.75, 3.05) is 6.61 Å². The number of hydrogen-bond donors (Lipinski definition) is 1. The molecule has 1 N–H and O–H groups in total. The van der Waals surface area contributed by atoms with Gasteiger partial charge in [0.05, 0.1) is 12.3 Å². The van der Waals surface area contributed by atoms with Crippen molar-refractivity contribution in [1.82, 2.24) is 9.38 Å². The Bertz CT molecular complexity index is 486. The van der Waals surface area contributed by atoms with Crippen molar-refractivity contribution in [1.29, 1.82) is 0 Å². The number of hydrogen-bond acceptors (Lipinski definition) is 3. The van der Waals surface area contributed by atoms with Crippen LogP contribution in [0.5, 0.6) is 0 Å². The highest BCUT2D eigenvalue weighted by Crippen LogP contribution is 2.23. The summed E-state index contributed by atoms with van der Waals surface area (Å²) in [7, 11) is 0. The molecule has 2 aromatic heterocycles. The van der Waals surface area contributed by atoms with E-state index in [1.165, 1.54) is 11.3 Å². The van der Waals surface area contributed by atoms with Gasteiger partial charge in [0.2, 0.25) is 0 Å². The van der Waals surface area contributed by atoms with Crippen LogP contribution in [0.3, 0.4) is 0 Å². The Labute approximate surface area is 90.3 Å². The average molecular weight is 229 g/mol. The van der Waals surface area contributed by atoms with Crippen LogP contribution in [0.2, 0.25) is 5.15 Å². The highest BCUT2D eigenvalue weighted by atomic mass is 35.5. The molecule has 0 spiro atoms. The minimum atomic E-state index is 0.0354. The van der Waals surface area contributed by atoms with Gasteiger partial charge in [-0.15, -0.1) is 11.3 Å². The summed E-state index contributed by atoms with van der Waals surface area (Å²) in [6.07, 6.45) is 3.75. The molecule has 0 aliphatic heterocycles. The Morgan fingerprint density at radius 3 is 3.29 bits per heavy atom. The quantitative estimate of drug-likeness (QED) is 0.858. The lowest BCUT2D eigenvalue weighted by molar-refractivity contribution is 0.332. The van der Waals surface area contributed by atoms with Crippen LogP contribution in [-0.4, -0.2) is 21.1 Å². The van der Waals surface area contributed by atoms with Crippen molar-refractivity contribution < 1.29 is 5.11 Å². The van der Waals surface area contributed by atoms with E-state index in [-0.39, 0.29) is 6.61 Å². The number of nitrogens with zero attached hydrogens (tertiary/aromatic N) is 2. The lowest BCUT2D eigenvalue weighted by Crippen LogP contribution is -1.87. The Kier molecular flexibility index (Phi) is 2.58. The summed E-state index contributed by atoms with van der Waals surface area (Å²) in [5.74, 6) is 0. The van der Waals surface area contributed by atoms with E-state index in [9.17, 15) is 0 Å². The molecule has 0 aromatic carbocycles. The monoisotopic (exact) mass is 228 g/mol. The molecule has 2 aromatic rings. The molecule has 0 bridgehead atoms. The molecule has 0 atom stereocenters.